The first-order valence-corrected chi connectivity index (χ1v) is 14.9. The zero-order valence-corrected chi connectivity index (χ0v) is 27.0. The molecule has 5 rings (SSSR count). The second-order valence-corrected chi connectivity index (χ2v) is 11.8. The van der Waals surface area contributed by atoms with Crippen LogP contribution in [0.3, 0.4) is 0 Å². The van der Waals surface area contributed by atoms with Crippen molar-refractivity contribution in [1.29, 1.82) is 0 Å². The van der Waals surface area contributed by atoms with E-state index in [0.29, 0.717) is 0 Å². The molecule has 0 fully saturated rings. The molecular weight excluding hydrogens is 635 g/mol. The summed E-state index contributed by atoms with van der Waals surface area (Å²) in [5.41, 5.74) is 8.02. The highest BCUT2D eigenvalue weighted by atomic mass is 127. The zero-order valence-electron chi connectivity index (χ0n) is 24.8. The molecule has 42 heavy (non-hydrogen) atoms. The predicted molar refractivity (Wildman–Crippen MR) is 178 cm³/mol. The van der Waals surface area contributed by atoms with Crippen LogP contribution in [-0.2, 0) is 0 Å². The normalized spacial score (nSPS) is 11.0. The number of aryl methyl sites for hydroxylation is 4. The number of methoxy groups -OCH3 is 2. The van der Waals surface area contributed by atoms with Crippen molar-refractivity contribution in [2.45, 2.75) is 33.6 Å². The number of hydrogen-bond donors (Lipinski definition) is 0. The number of halogens is 1. The zero-order chi connectivity index (χ0) is 29.8. The molecule has 0 saturated carbocycles. The summed E-state index contributed by atoms with van der Waals surface area (Å²) in [7, 11) is 3.33. The Morgan fingerprint density at radius 3 is 1.12 bits per heavy atom. The van der Waals surface area contributed by atoms with Crippen molar-refractivity contribution in [3.05, 3.63) is 140 Å². The van der Waals surface area contributed by atoms with Crippen molar-refractivity contribution in [2.24, 2.45) is 0 Å². The maximum absolute atomic E-state index is 6.35. The number of rotatable bonds is 9. The molecule has 0 aliphatic heterocycles. The molecule has 0 aromatic heterocycles. The minimum atomic E-state index is 0.0434. The second kappa shape index (κ2) is 12.9. The van der Waals surface area contributed by atoms with Crippen molar-refractivity contribution in [2.75, 3.05) is 14.2 Å². The highest BCUT2D eigenvalue weighted by molar-refractivity contribution is 14.1. The van der Waals surface area contributed by atoms with E-state index in [1.165, 1.54) is 20.3 Å². The first-order chi connectivity index (χ1) is 20.2. The standard InChI is InChI=1S/C37H35IO4/c1-23-19-28(20-24(2)36(23)41-33-15-11-31(39-5)12-16-33)35(27-7-9-30(38)10-8-27)29-21-25(3)37(26(4)22-29)42-34-17-13-32(40-6)14-18-34/h7-22,35H,1-6H3. The smallest absolute Gasteiger partial charge is 0.133 e. The lowest BCUT2D eigenvalue weighted by molar-refractivity contribution is 0.412. The molecule has 0 saturated heterocycles. The molecular formula is C37H35IO4. The van der Waals surface area contributed by atoms with E-state index >= 15 is 0 Å². The Kier molecular flexibility index (Phi) is 9.07. The molecule has 0 N–H and O–H groups in total. The van der Waals surface area contributed by atoms with Crippen LogP contribution in [0.25, 0.3) is 0 Å². The van der Waals surface area contributed by atoms with Crippen LogP contribution in [-0.4, -0.2) is 14.2 Å². The lowest BCUT2D eigenvalue weighted by Crippen LogP contribution is -2.07. The Hall–Kier alpha value is -3.97. The van der Waals surface area contributed by atoms with E-state index in [0.717, 1.165) is 56.8 Å². The van der Waals surface area contributed by atoms with Crippen LogP contribution in [0.5, 0.6) is 34.5 Å². The summed E-state index contributed by atoms with van der Waals surface area (Å²) in [6.07, 6.45) is 0. The maximum atomic E-state index is 6.35. The lowest BCUT2D eigenvalue weighted by atomic mass is 9.82. The fraction of sp³-hybridized carbons (Fsp3) is 0.189. The van der Waals surface area contributed by atoms with Gasteiger partial charge in [0.25, 0.3) is 0 Å². The van der Waals surface area contributed by atoms with Gasteiger partial charge in [-0.25, -0.2) is 0 Å². The second-order valence-electron chi connectivity index (χ2n) is 10.5. The Bertz CT molecular complexity index is 1520. The molecule has 5 aromatic carbocycles. The van der Waals surface area contributed by atoms with Gasteiger partial charge < -0.3 is 18.9 Å². The van der Waals surface area contributed by atoms with Crippen molar-refractivity contribution >= 4 is 22.6 Å². The van der Waals surface area contributed by atoms with Crippen LogP contribution in [0.2, 0.25) is 0 Å². The molecule has 214 valence electrons. The van der Waals surface area contributed by atoms with E-state index in [9.17, 15) is 0 Å². The van der Waals surface area contributed by atoms with Gasteiger partial charge in [-0.2, -0.15) is 0 Å². The third-order valence-corrected chi connectivity index (χ3v) is 8.11. The maximum Gasteiger partial charge on any atom is 0.133 e. The third kappa shape index (κ3) is 6.57. The summed E-state index contributed by atoms with van der Waals surface area (Å²) < 4.78 is 24.5. The van der Waals surface area contributed by atoms with Gasteiger partial charge in [0, 0.05) is 9.49 Å². The highest BCUT2D eigenvalue weighted by Gasteiger charge is 2.22. The van der Waals surface area contributed by atoms with E-state index in [1.807, 2.05) is 48.5 Å². The van der Waals surface area contributed by atoms with Crippen LogP contribution in [0, 0.1) is 31.3 Å². The van der Waals surface area contributed by atoms with Gasteiger partial charge in [-0.15, -0.1) is 0 Å². The van der Waals surface area contributed by atoms with Gasteiger partial charge >= 0.3 is 0 Å². The minimum Gasteiger partial charge on any atom is -0.497 e. The van der Waals surface area contributed by atoms with E-state index in [1.54, 1.807) is 14.2 Å². The van der Waals surface area contributed by atoms with E-state index in [2.05, 4.69) is 98.8 Å². The molecule has 0 radical (unpaired) electrons. The van der Waals surface area contributed by atoms with E-state index in [4.69, 9.17) is 18.9 Å². The largest absolute Gasteiger partial charge is 0.497 e. The summed E-state index contributed by atoms with van der Waals surface area (Å²) in [4.78, 5) is 0. The Morgan fingerprint density at radius 1 is 0.452 bits per heavy atom. The van der Waals surface area contributed by atoms with Gasteiger partial charge in [-0.05, 0) is 150 Å². The molecule has 5 heteroatoms. The number of benzene rings is 5. The van der Waals surface area contributed by atoms with Gasteiger partial charge in [0.05, 0.1) is 14.2 Å². The molecule has 0 atom stereocenters. The first kappa shape index (κ1) is 29.5. The summed E-state index contributed by atoms with van der Waals surface area (Å²) in [6.45, 7) is 8.45. The summed E-state index contributed by atoms with van der Waals surface area (Å²) >= 11 is 2.36. The lowest BCUT2D eigenvalue weighted by Gasteiger charge is -2.24. The minimum absolute atomic E-state index is 0.0434. The average Bonchev–Trinajstić information content (AvgIpc) is 2.98. The summed E-state index contributed by atoms with van der Waals surface area (Å²) in [6, 6.07) is 33.2. The van der Waals surface area contributed by atoms with Crippen LogP contribution >= 0.6 is 22.6 Å². The van der Waals surface area contributed by atoms with Gasteiger partial charge in [0.1, 0.15) is 34.5 Å². The highest BCUT2D eigenvalue weighted by Crippen LogP contribution is 2.40. The fourth-order valence-electron chi connectivity index (χ4n) is 5.38. The molecule has 0 spiro atoms. The summed E-state index contributed by atoms with van der Waals surface area (Å²) in [5, 5.41) is 0. The van der Waals surface area contributed by atoms with Gasteiger partial charge in [0.15, 0.2) is 0 Å². The molecule has 0 heterocycles. The van der Waals surface area contributed by atoms with Crippen molar-refractivity contribution in [1.82, 2.24) is 0 Å². The Morgan fingerprint density at radius 2 is 0.786 bits per heavy atom. The van der Waals surface area contributed by atoms with Crippen LogP contribution in [0.4, 0.5) is 0 Å². The molecule has 5 aromatic rings. The number of ether oxygens (including phenoxy) is 4. The van der Waals surface area contributed by atoms with Gasteiger partial charge in [-0.3, -0.25) is 0 Å². The Balaban J connectivity index is 1.53. The summed E-state index contributed by atoms with van der Waals surface area (Å²) in [5.74, 6) is 4.96. The van der Waals surface area contributed by atoms with Gasteiger partial charge in [0.2, 0.25) is 0 Å². The van der Waals surface area contributed by atoms with Crippen LogP contribution in [0.15, 0.2) is 97.1 Å². The first-order valence-electron chi connectivity index (χ1n) is 13.9. The SMILES string of the molecule is COc1ccc(Oc2c(C)cc(C(c3ccc(I)cc3)c3cc(C)c(Oc4ccc(OC)cc4)c(C)c3)cc2C)cc1. The topological polar surface area (TPSA) is 36.9 Å². The monoisotopic (exact) mass is 670 g/mol. The number of hydrogen-bond acceptors (Lipinski definition) is 4. The van der Waals surface area contributed by atoms with Crippen molar-refractivity contribution in [3.63, 3.8) is 0 Å². The van der Waals surface area contributed by atoms with Gasteiger partial charge in [-0.1, -0.05) is 36.4 Å². The molecule has 0 amide bonds. The predicted octanol–water partition coefficient (Wildman–Crippen LogP) is 10.3. The molecule has 0 unspecified atom stereocenters. The van der Waals surface area contributed by atoms with Crippen LogP contribution in [0.1, 0.15) is 44.9 Å². The average molecular weight is 671 g/mol. The van der Waals surface area contributed by atoms with Crippen molar-refractivity contribution < 1.29 is 18.9 Å². The third-order valence-electron chi connectivity index (χ3n) is 7.39. The molecule has 0 aliphatic carbocycles. The molecule has 4 nitrogen and oxygen atoms in total. The molecule has 0 bridgehead atoms. The van der Waals surface area contributed by atoms with Crippen LogP contribution < -0.4 is 18.9 Å². The Labute approximate surface area is 262 Å². The molecule has 0 aliphatic rings. The fourth-order valence-corrected chi connectivity index (χ4v) is 5.74. The van der Waals surface area contributed by atoms with E-state index < -0.39 is 0 Å². The van der Waals surface area contributed by atoms with Crippen molar-refractivity contribution in [3.8, 4) is 34.5 Å². The van der Waals surface area contributed by atoms with E-state index in [-0.39, 0.29) is 5.92 Å². The quantitative estimate of drug-likeness (QED) is 0.116.